The van der Waals surface area contributed by atoms with Gasteiger partial charge in [-0.15, -0.1) is 0 Å². The molecule has 0 aromatic heterocycles. The lowest BCUT2D eigenvalue weighted by Gasteiger charge is -2.26. The number of rotatable bonds is 3. The van der Waals surface area contributed by atoms with Gasteiger partial charge in [0.15, 0.2) is 0 Å². The Morgan fingerprint density at radius 2 is 1.58 bits per heavy atom. The number of nitrogens with zero attached hydrogens (tertiary/aromatic N) is 2. The number of hydrogen-bond donors (Lipinski definition) is 1. The highest BCUT2D eigenvalue weighted by atomic mass is 19.1. The van der Waals surface area contributed by atoms with Crippen LogP contribution in [-0.2, 0) is 9.59 Å². The monoisotopic (exact) mass is 353 g/mol. The first-order chi connectivity index (χ1) is 12.4. The molecule has 6 nitrogen and oxygen atoms in total. The number of anilines is 2. The Kier molecular flexibility index (Phi) is 4.53. The van der Waals surface area contributed by atoms with Gasteiger partial charge in [0.2, 0.25) is 0 Å². The molecule has 4 amide bonds. The Hall–Kier alpha value is -3.48. The van der Waals surface area contributed by atoms with E-state index in [-0.39, 0.29) is 11.3 Å². The van der Waals surface area contributed by atoms with Gasteiger partial charge in [0.05, 0.1) is 5.69 Å². The van der Waals surface area contributed by atoms with Crippen LogP contribution in [0.4, 0.5) is 20.6 Å². The molecule has 0 aliphatic carbocycles. The second-order valence-electron chi connectivity index (χ2n) is 5.92. The lowest BCUT2D eigenvalue weighted by Crippen LogP contribution is -2.54. The molecule has 1 aliphatic rings. The summed E-state index contributed by atoms with van der Waals surface area (Å²) in [5, 5.41) is 2.13. The fourth-order valence-electron chi connectivity index (χ4n) is 2.52. The van der Waals surface area contributed by atoms with Crippen LogP contribution in [0.5, 0.6) is 0 Å². The fraction of sp³-hybridized carbons (Fsp3) is 0.105. The lowest BCUT2D eigenvalue weighted by atomic mass is 10.1. The molecule has 7 heteroatoms. The molecule has 1 fully saturated rings. The van der Waals surface area contributed by atoms with Gasteiger partial charge in [-0.05, 0) is 48.0 Å². The van der Waals surface area contributed by atoms with Crippen LogP contribution in [0.15, 0.2) is 54.1 Å². The Bertz CT molecular complexity index is 903. The van der Waals surface area contributed by atoms with Crippen molar-refractivity contribution >= 4 is 35.3 Å². The molecule has 0 atom stereocenters. The largest absolute Gasteiger partial charge is 0.378 e. The summed E-state index contributed by atoms with van der Waals surface area (Å²) >= 11 is 0. The van der Waals surface area contributed by atoms with Crippen molar-refractivity contribution in [2.24, 2.45) is 0 Å². The molecular weight excluding hydrogens is 337 g/mol. The number of benzene rings is 2. The summed E-state index contributed by atoms with van der Waals surface area (Å²) in [6.07, 6.45) is 1.42. The predicted octanol–water partition coefficient (Wildman–Crippen LogP) is 2.56. The number of hydrogen-bond acceptors (Lipinski definition) is 4. The predicted molar refractivity (Wildman–Crippen MR) is 96.2 cm³/mol. The molecule has 0 saturated carbocycles. The van der Waals surface area contributed by atoms with Crippen molar-refractivity contribution in [3.63, 3.8) is 0 Å². The number of imide groups is 2. The average molecular weight is 353 g/mol. The second-order valence-corrected chi connectivity index (χ2v) is 5.92. The Labute approximate surface area is 149 Å². The summed E-state index contributed by atoms with van der Waals surface area (Å²) in [6.45, 7) is 0. The van der Waals surface area contributed by atoms with Gasteiger partial charge >= 0.3 is 6.03 Å². The lowest BCUT2D eigenvalue weighted by molar-refractivity contribution is -0.122. The highest BCUT2D eigenvalue weighted by molar-refractivity contribution is 6.39. The number of urea groups is 1. The molecule has 3 rings (SSSR count). The van der Waals surface area contributed by atoms with Crippen molar-refractivity contribution in [1.82, 2.24) is 5.32 Å². The van der Waals surface area contributed by atoms with Gasteiger partial charge in [-0.1, -0.05) is 12.1 Å². The number of halogens is 1. The second kappa shape index (κ2) is 6.79. The minimum Gasteiger partial charge on any atom is -0.378 e. The van der Waals surface area contributed by atoms with Crippen molar-refractivity contribution < 1.29 is 18.8 Å². The maximum Gasteiger partial charge on any atom is 0.335 e. The first kappa shape index (κ1) is 17.3. The van der Waals surface area contributed by atoms with E-state index in [1.165, 1.54) is 18.2 Å². The number of carbonyl (C=O) groups excluding carboxylic acids is 3. The summed E-state index contributed by atoms with van der Waals surface area (Å²) in [7, 11) is 3.80. The summed E-state index contributed by atoms with van der Waals surface area (Å²) in [4.78, 5) is 39.6. The van der Waals surface area contributed by atoms with E-state index in [0.29, 0.717) is 5.56 Å². The summed E-state index contributed by atoms with van der Waals surface area (Å²) in [5.74, 6) is -2.02. The molecule has 2 aromatic carbocycles. The average Bonchev–Trinajstić information content (AvgIpc) is 2.60. The molecule has 0 unspecified atom stereocenters. The first-order valence-electron chi connectivity index (χ1n) is 7.81. The van der Waals surface area contributed by atoms with Gasteiger partial charge in [-0.2, -0.15) is 0 Å². The van der Waals surface area contributed by atoms with Crippen molar-refractivity contribution in [3.8, 4) is 0 Å². The zero-order valence-electron chi connectivity index (χ0n) is 14.2. The Morgan fingerprint density at radius 3 is 2.15 bits per heavy atom. The minimum absolute atomic E-state index is 0.175. The first-order valence-corrected chi connectivity index (χ1v) is 7.81. The van der Waals surface area contributed by atoms with Gasteiger partial charge in [-0.25, -0.2) is 14.1 Å². The Balaban J connectivity index is 1.95. The molecule has 0 radical (unpaired) electrons. The van der Waals surface area contributed by atoms with Crippen LogP contribution in [0.3, 0.4) is 0 Å². The topological polar surface area (TPSA) is 69.7 Å². The van der Waals surface area contributed by atoms with Crippen LogP contribution >= 0.6 is 0 Å². The number of carbonyl (C=O) groups is 3. The third kappa shape index (κ3) is 3.32. The molecule has 1 aliphatic heterocycles. The van der Waals surface area contributed by atoms with Gasteiger partial charge in [0.1, 0.15) is 11.4 Å². The SMILES string of the molecule is CN(C)c1ccc(/C=C2\C(=O)NC(=O)N(c3ccc(F)cc3)C2=O)cc1. The third-order valence-electron chi connectivity index (χ3n) is 3.91. The maximum absolute atomic E-state index is 13.1. The Morgan fingerprint density at radius 1 is 0.962 bits per heavy atom. The van der Waals surface area contributed by atoms with E-state index < -0.39 is 23.7 Å². The smallest absolute Gasteiger partial charge is 0.335 e. The molecule has 1 saturated heterocycles. The molecule has 1 N–H and O–H groups in total. The van der Waals surface area contributed by atoms with Crippen LogP contribution < -0.4 is 15.1 Å². The minimum atomic E-state index is -0.869. The number of nitrogens with one attached hydrogen (secondary N) is 1. The molecule has 2 aromatic rings. The summed E-state index contributed by atoms with van der Waals surface area (Å²) in [6, 6.07) is 11.2. The molecular formula is C19H16FN3O3. The zero-order valence-corrected chi connectivity index (χ0v) is 14.2. The van der Waals surface area contributed by atoms with E-state index in [9.17, 15) is 18.8 Å². The molecule has 0 bridgehead atoms. The standard InChI is InChI=1S/C19H16FN3O3/c1-22(2)14-7-3-12(4-8-14)11-16-17(24)21-19(26)23(18(16)25)15-9-5-13(20)6-10-15/h3-11H,1-2H3,(H,21,24,26)/b16-11+. The van der Waals surface area contributed by atoms with E-state index in [2.05, 4.69) is 5.32 Å². The quantitative estimate of drug-likeness (QED) is 0.680. The maximum atomic E-state index is 13.1. The van der Waals surface area contributed by atoms with E-state index in [0.717, 1.165) is 22.7 Å². The highest BCUT2D eigenvalue weighted by Crippen LogP contribution is 2.22. The van der Waals surface area contributed by atoms with Crippen LogP contribution in [0.25, 0.3) is 6.08 Å². The van der Waals surface area contributed by atoms with Crippen molar-refractivity contribution in [2.75, 3.05) is 23.9 Å². The fourth-order valence-corrected chi connectivity index (χ4v) is 2.52. The van der Waals surface area contributed by atoms with Gasteiger partial charge in [0.25, 0.3) is 11.8 Å². The van der Waals surface area contributed by atoms with Crippen LogP contribution in [0.2, 0.25) is 0 Å². The van der Waals surface area contributed by atoms with Crippen molar-refractivity contribution in [2.45, 2.75) is 0 Å². The number of barbiturate groups is 1. The number of amides is 4. The van der Waals surface area contributed by atoms with E-state index in [1.54, 1.807) is 12.1 Å². The van der Waals surface area contributed by atoms with Crippen LogP contribution in [0.1, 0.15) is 5.56 Å². The highest BCUT2D eigenvalue weighted by Gasteiger charge is 2.36. The molecule has 132 valence electrons. The summed E-state index contributed by atoms with van der Waals surface area (Å²) in [5.41, 5.74) is 1.61. The molecule has 0 spiro atoms. The van der Waals surface area contributed by atoms with E-state index in [1.807, 2.05) is 31.1 Å². The van der Waals surface area contributed by atoms with Gasteiger partial charge < -0.3 is 4.90 Å². The van der Waals surface area contributed by atoms with Crippen LogP contribution in [0, 0.1) is 5.82 Å². The van der Waals surface area contributed by atoms with E-state index >= 15 is 0 Å². The van der Waals surface area contributed by atoms with Gasteiger partial charge in [0, 0.05) is 19.8 Å². The van der Waals surface area contributed by atoms with Crippen molar-refractivity contribution in [1.29, 1.82) is 0 Å². The normalized spacial score (nSPS) is 16.0. The van der Waals surface area contributed by atoms with Gasteiger partial charge in [-0.3, -0.25) is 14.9 Å². The third-order valence-corrected chi connectivity index (χ3v) is 3.91. The summed E-state index contributed by atoms with van der Waals surface area (Å²) < 4.78 is 13.1. The molecule has 26 heavy (non-hydrogen) atoms. The molecule has 1 heterocycles. The zero-order chi connectivity index (χ0) is 18.8. The van der Waals surface area contributed by atoms with E-state index in [4.69, 9.17) is 0 Å². The van der Waals surface area contributed by atoms with Crippen molar-refractivity contribution in [3.05, 3.63) is 65.5 Å². The van der Waals surface area contributed by atoms with Crippen LogP contribution in [-0.4, -0.2) is 31.9 Å².